The van der Waals surface area contributed by atoms with Crippen LogP contribution >= 0.6 is 0 Å². The Morgan fingerprint density at radius 3 is 2.17 bits per heavy atom. The summed E-state index contributed by atoms with van der Waals surface area (Å²) in [6, 6.07) is 7.21. The van der Waals surface area contributed by atoms with Crippen molar-refractivity contribution < 1.29 is 39.6 Å². The molecule has 0 saturated carbocycles. The molecule has 1 amide bonds. The zero-order valence-corrected chi connectivity index (χ0v) is 18.9. The van der Waals surface area contributed by atoms with Gasteiger partial charge in [-0.15, -0.1) is 0 Å². The fourth-order valence-corrected chi connectivity index (χ4v) is 5.68. The summed E-state index contributed by atoms with van der Waals surface area (Å²) in [6.07, 6.45) is -8.44. The number of carbonyl (C=O) groups excluding carboxylic acids is 1. The molecule has 2 heterocycles. The summed E-state index contributed by atoms with van der Waals surface area (Å²) in [5.41, 5.74) is -1.90. The van der Waals surface area contributed by atoms with Gasteiger partial charge in [0, 0.05) is 18.2 Å². The number of carbonyl (C=O) groups is 1. The van der Waals surface area contributed by atoms with Crippen LogP contribution in [0.5, 0.6) is 0 Å². The lowest BCUT2D eigenvalue weighted by Crippen LogP contribution is -2.56. The quantitative estimate of drug-likeness (QED) is 0.610. The Morgan fingerprint density at radius 1 is 0.886 bits per heavy atom. The molecule has 0 aromatic heterocycles. The normalized spacial score (nSPS) is 21.7. The molecule has 13 heteroatoms. The Labute approximate surface area is 197 Å². The van der Waals surface area contributed by atoms with Crippen molar-refractivity contribution in [3.63, 3.8) is 0 Å². The van der Waals surface area contributed by atoms with Crippen LogP contribution in [0.1, 0.15) is 40.7 Å². The van der Waals surface area contributed by atoms with E-state index < -0.39 is 50.5 Å². The lowest BCUT2D eigenvalue weighted by atomic mass is 10.1. The van der Waals surface area contributed by atoms with Gasteiger partial charge in [0.1, 0.15) is 0 Å². The molecule has 2 atom stereocenters. The minimum Gasteiger partial charge on any atom is -0.326 e. The van der Waals surface area contributed by atoms with Crippen LogP contribution in [0.25, 0.3) is 0 Å². The maximum atomic E-state index is 13.0. The third-order valence-electron chi connectivity index (χ3n) is 6.22. The first-order valence-corrected chi connectivity index (χ1v) is 12.2. The highest BCUT2D eigenvalue weighted by Crippen LogP contribution is 2.33. The monoisotopic (exact) mass is 521 g/mol. The van der Waals surface area contributed by atoms with Crippen LogP contribution < -0.4 is 4.72 Å². The van der Waals surface area contributed by atoms with Gasteiger partial charge >= 0.3 is 12.4 Å². The van der Waals surface area contributed by atoms with Gasteiger partial charge in [0.25, 0.3) is 5.91 Å². The van der Waals surface area contributed by atoms with E-state index in [0.29, 0.717) is 31.9 Å². The SMILES string of the molecule is O=C(c1ccc(C(F)(F)F)cc1)N1CC[C@@H]2CC[C@H](NS(=O)(=O)c3cccc(C(F)(F)F)c3)N2C1. The molecule has 2 aromatic rings. The zero-order valence-electron chi connectivity index (χ0n) is 18.1. The third-order valence-corrected chi connectivity index (χ3v) is 7.68. The number of sulfonamides is 1. The highest BCUT2D eigenvalue weighted by molar-refractivity contribution is 7.89. The van der Waals surface area contributed by atoms with E-state index in [1.165, 1.54) is 4.90 Å². The van der Waals surface area contributed by atoms with Crippen LogP contribution in [0.15, 0.2) is 53.4 Å². The van der Waals surface area contributed by atoms with Crippen molar-refractivity contribution in [2.24, 2.45) is 0 Å². The molecule has 0 radical (unpaired) electrons. The summed E-state index contributed by atoms with van der Waals surface area (Å²) in [5, 5.41) is 0. The van der Waals surface area contributed by atoms with Crippen molar-refractivity contribution in [1.82, 2.24) is 14.5 Å². The van der Waals surface area contributed by atoms with Crippen LogP contribution in [0.3, 0.4) is 0 Å². The van der Waals surface area contributed by atoms with Gasteiger partial charge < -0.3 is 4.90 Å². The third kappa shape index (κ3) is 5.46. The van der Waals surface area contributed by atoms with E-state index in [4.69, 9.17) is 0 Å². The van der Waals surface area contributed by atoms with Crippen molar-refractivity contribution in [3.8, 4) is 0 Å². The first kappa shape index (κ1) is 25.5. The fourth-order valence-electron chi connectivity index (χ4n) is 4.40. The van der Waals surface area contributed by atoms with Crippen molar-refractivity contribution in [2.75, 3.05) is 13.2 Å². The van der Waals surface area contributed by atoms with Crippen LogP contribution in [-0.4, -0.2) is 49.5 Å². The number of hydrogen-bond acceptors (Lipinski definition) is 4. The summed E-state index contributed by atoms with van der Waals surface area (Å²) in [5.74, 6) is -0.497. The molecular formula is C22H21F6N3O3S. The lowest BCUT2D eigenvalue weighted by Gasteiger charge is -2.40. The minimum atomic E-state index is -4.70. The van der Waals surface area contributed by atoms with Crippen molar-refractivity contribution in [1.29, 1.82) is 0 Å². The number of nitrogens with zero attached hydrogens (tertiary/aromatic N) is 2. The van der Waals surface area contributed by atoms with Gasteiger partial charge in [0.05, 0.1) is 28.9 Å². The van der Waals surface area contributed by atoms with Gasteiger partial charge in [-0.2, -0.15) is 31.1 Å². The smallest absolute Gasteiger partial charge is 0.326 e. The van der Waals surface area contributed by atoms with Gasteiger partial charge in [-0.1, -0.05) is 6.07 Å². The second kappa shape index (κ2) is 9.10. The Kier molecular flexibility index (Phi) is 6.62. The first-order valence-electron chi connectivity index (χ1n) is 10.7. The fraction of sp³-hybridized carbons (Fsp3) is 0.409. The molecule has 2 aliphatic rings. The lowest BCUT2D eigenvalue weighted by molar-refractivity contribution is -0.138. The second-order valence-corrected chi connectivity index (χ2v) is 10.2. The molecule has 2 saturated heterocycles. The molecule has 35 heavy (non-hydrogen) atoms. The highest BCUT2D eigenvalue weighted by Gasteiger charge is 2.41. The summed E-state index contributed by atoms with van der Waals surface area (Å²) in [6.45, 7) is 0.369. The van der Waals surface area contributed by atoms with E-state index >= 15 is 0 Å². The number of amides is 1. The first-order chi connectivity index (χ1) is 16.3. The molecule has 1 N–H and O–H groups in total. The minimum absolute atomic E-state index is 0.0281. The van der Waals surface area contributed by atoms with E-state index in [9.17, 15) is 39.6 Å². The number of fused-ring (bicyclic) bond motifs is 1. The number of nitrogens with one attached hydrogen (secondary N) is 1. The standard InChI is InChI=1S/C22H21F6N3O3S/c23-21(24,25)15-6-4-14(5-7-15)20(32)30-11-10-17-8-9-19(31(17)13-30)29-35(33,34)18-3-1-2-16(12-18)22(26,27)28/h1-7,12,17,19,29H,8-11,13H2/t17-,19+/m0/s1. The topological polar surface area (TPSA) is 69.7 Å². The molecular weight excluding hydrogens is 500 g/mol. The van der Waals surface area contributed by atoms with E-state index in [1.54, 1.807) is 4.90 Å². The van der Waals surface area contributed by atoms with E-state index in [2.05, 4.69) is 4.72 Å². The molecule has 4 rings (SSSR count). The van der Waals surface area contributed by atoms with Crippen molar-refractivity contribution in [2.45, 2.75) is 48.7 Å². The predicted molar refractivity (Wildman–Crippen MR) is 112 cm³/mol. The summed E-state index contributed by atoms with van der Waals surface area (Å²) < 4.78 is 105. The maximum absolute atomic E-state index is 13.0. The molecule has 2 aromatic carbocycles. The van der Waals surface area contributed by atoms with Crippen LogP contribution in [0, 0.1) is 0 Å². The highest BCUT2D eigenvalue weighted by atomic mass is 32.2. The average molecular weight is 521 g/mol. The molecule has 6 nitrogen and oxygen atoms in total. The summed E-state index contributed by atoms with van der Waals surface area (Å²) in [7, 11) is -4.29. The Hall–Kier alpha value is -2.64. The molecule has 2 aliphatic heterocycles. The predicted octanol–water partition coefficient (Wildman–Crippen LogP) is 4.30. The Balaban J connectivity index is 1.48. The molecule has 0 bridgehead atoms. The van der Waals surface area contributed by atoms with Crippen LogP contribution in [0.2, 0.25) is 0 Å². The number of benzene rings is 2. The number of rotatable bonds is 4. The van der Waals surface area contributed by atoms with E-state index in [0.717, 1.165) is 42.5 Å². The average Bonchev–Trinajstić information content (AvgIpc) is 3.19. The summed E-state index contributed by atoms with van der Waals surface area (Å²) >= 11 is 0. The van der Waals surface area contributed by atoms with E-state index in [1.807, 2.05) is 0 Å². The number of alkyl halides is 6. The number of halogens is 6. The molecule has 190 valence electrons. The van der Waals surface area contributed by atoms with Gasteiger partial charge in [-0.3, -0.25) is 9.69 Å². The van der Waals surface area contributed by atoms with E-state index in [-0.39, 0.29) is 18.3 Å². The summed E-state index contributed by atoms with van der Waals surface area (Å²) in [4.78, 5) is 15.5. The second-order valence-electron chi connectivity index (χ2n) is 8.48. The van der Waals surface area contributed by atoms with Crippen molar-refractivity contribution in [3.05, 3.63) is 65.2 Å². The van der Waals surface area contributed by atoms with Gasteiger partial charge in [-0.05, 0) is 61.7 Å². The zero-order chi connectivity index (χ0) is 25.6. The maximum Gasteiger partial charge on any atom is 0.416 e. The largest absolute Gasteiger partial charge is 0.416 e. The van der Waals surface area contributed by atoms with Crippen LogP contribution in [0.4, 0.5) is 26.3 Å². The Bertz CT molecular complexity index is 1200. The van der Waals surface area contributed by atoms with Gasteiger partial charge in [-0.25, -0.2) is 8.42 Å². The molecule has 0 spiro atoms. The van der Waals surface area contributed by atoms with Gasteiger partial charge in [0.15, 0.2) is 0 Å². The Morgan fingerprint density at radius 2 is 1.54 bits per heavy atom. The van der Waals surface area contributed by atoms with Gasteiger partial charge in [0.2, 0.25) is 10.0 Å². The molecule has 2 fully saturated rings. The van der Waals surface area contributed by atoms with Crippen LogP contribution in [-0.2, 0) is 22.4 Å². The molecule has 0 unspecified atom stereocenters. The molecule has 0 aliphatic carbocycles. The van der Waals surface area contributed by atoms with Crippen molar-refractivity contribution >= 4 is 15.9 Å². The number of hydrogen-bond donors (Lipinski definition) is 1.